The molecule has 0 bridgehead atoms. The number of carboxylic acids is 1. The Morgan fingerprint density at radius 2 is 2.05 bits per heavy atom. The van der Waals surface area contributed by atoms with Crippen LogP contribution in [0.4, 0.5) is 0 Å². The van der Waals surface area contributed by atoms with Gasteiger partial charge in [-0.3, -0.25) is 4.68 Å². The number of carboxylic acid groups (broad SMARTS) is 1. The fraction of sp³-hybridized carbons (Fsp3) is 0.333. The molecule has 1 heterocycles. The highest BCUT2D eigenvalue weighted by Gasteiger charge is 2.18. The summed E-state index contributed by atoms with van der Waals surface area (Å²) in [7, 11) is 1.91. The average Bonchev–Trinajstić information content (AvgIpc) is 2.75. The first kappa shape index (κ1) is 14.6. The lowest BCUT2D eigenvalue weighted by Crippen LogP contribution is -1.99. The fourth-order valence-corrected chi connectivity index (χ4v) is 2.65. The molecule has 106 valence electrons. The van der Waals surface area contributed by atoms with E-state index in [4.69, 9.17) is 11.6 Å². The number of aryl methyl sites for hydroxylation is 2. The van der Waals surface area contributed by atoms with Crippen LogP contribution in [0.5, 0.6) is 0 Å². The highest BCUT2D eigenvalue weighted by molar-refractivity contribution is 6.33. The number of nitrogens with zero attached hydrogens (tertiary/aromatic N) is 2. The molecule has 0 aliphatic heterocycles. The Kier molecular flexibility index (Phi) is 4.14. The topological polar surface area (TPSA) is 55.1 Å². The molecule has 0 saturated heterocycles. The number of aromatic carboxylic acids is 1. The van der Waals surface area contributed by atoms with Crippen molar-refractivity contribution in [2.24, 2.45) is 7.05 Å². The van der Waals surface area contributed by atoms with Gasteiger partial charge in [0.25, 0.3) is 0 Å². The van der Waals surface area contributed by atoms with Crippen molar-refractivity contribution in [3.63, 3.8) is 0 Å². The number of rotatable bonds is 4. The Hall–Kier alpha value is -1.81. The van der Waals surface area contributed by atoms with Crippen molar-refractivity contribution in [2.45, 2.75) is 26.7 Å². The van der Waals surface area contributed by atoms with E-state index in [-0.39, 0.29) is 10.6 Å². The molecule has 2 aromatic rings. The third kappa shape index (κ3) is 2.43. The standard InChI is InChI=1S/C15H17ClN2O2/c1-4-12-14(13(5-2)18(3)17-12)9-6-7-11(16)10(8-9)15(19)20/h6-8H,4-5H2,1-3H3,(H,19,20). The lowest BCUT2D eigenvalue weighted by atomic mass is 9.98. The first-order chi connectivity index (χ1) is 9.49. The van der Waals surface area contributed by atoms with Gasteiger partial charge in [0, 0.05) is 18.3 Å². The molecule has 1 aromatic carbocycles. The van der Waals surface area contributed by atoms with Crippen molar-refractivity contribution in [1.82, 2.24) is 9.78 Å². The van der Waals surface area contributed by atoms with Crippen LogP contribution in [-0.4, -0.2) is 20.9 Å². The Bertz CT molecular complexity index is 662. The van der Waals surface area contributed by atoms with Crippen LogP contribution >= 0.6 is 11.6 Å². The van der Waals surface area contributed by atoms with Crippen molar-refractivity contribution in [2.75, 3.05) is 0 Å². The smallest absolute Gasteiger partial charge is 0.337 e. The summed E-state index contributed by atoms with van der Waals surface area (Å²) >= 11 is 5.93. The Labute approximate surface area is 123 Å². The van der Waals surface area contributed by atoms with Crippen LogP contribution in [-0.2, 0) is 19.9 Å². The predicted octanol–water partition coefficient (Wildman–Crippen LogP) is 3.56. The minimum Gasteiger partial charge on any atom is -0.478 e. The SMILES string of the molecule is CCc1nn(C)c(CC)c1-c1ccc(Cl)c(C(=O)O)c1. The second kappa shape index (κ2) is 5.67. The predicted molar refractivity (Wildman–Crippen MR) is 79.4 cm³/mol. The van der Waals surface area contributed by atoms with Crippen LogP contribution in [0.3, 0.4) is 0 Å². The molecule has 0 unspecified atom stereocenters. The first-order valence-electron chi connectivity index (χ1n) is 6.57. The van der Waals surface area contributed by atoms with Gasteiger partial charge in [-0.1, -0.05) is 31.5 Å². The molecule has 0 aliphatic rings. The van der Waals surface area contributed by atoms with E-state index >= 15 is 0 Å². The molecule has 4 nitrogen and oxygen atoms in total. The van der Waals surface area contributed by atoms with Crippen molar-refractivity contribution >= 4 is 17.6 Å². The van der Waals surface area contributed by atoms with Crippen LogP contribution < -0.4 is 0 Å². The molecule has 0 amide bonds. The molecule has 5 heteroatoms. The minimum atomic E-state index is -1.02. The number of carbonyl (C=O) groups is 1. The molecule has 2 rings (SSSR count). The fourth-order valence-electron chi connectivity index (χ4n) is 2.45. The second-order valence-electron chi connectivity index (χ2n) is 4.60. The van der Waals surface area contributed by atoms with E-state index in [9.17, 15) is 9.90 Å². The summed E-state index contributed by atoms with van der Waals surface area (Å²) in [5, 5.41) is 14.0. The summed E-state index contributed by atoms with van der Waals surface area (Å²) in [5.74, 6) is -1.02. The van der Waals surface area contributed by atoms with E-state index in [0.717, 1.165) is 35.4 Å². The summed E-state index contributed by atoms with van der Waals surface area (Å²) in [6.45, 7) is 4.10. The van der Waals surface area contributed by atoms with Gasteiger partial charge in [0.15, 0.2) is 0 Å². The maximum Gasteiger partial charge on any atom is 0.337 e. The van der Waals surface area contributed by atoms with Crippen molar-refractivity contribution in [1.29, 1.82) is 0 Å². The average molecular weight is 293 g/mol. The summed E-state index contributed by atoms with van der Waals surface area (Å²) < 4.78 is 1.86. The number of hydrogen-bond donors (Lipinski definition) is 1. The number of hydrogen-bond acceptors (Lipinski definition) is 2. The van der Waals surface area contributed by atoms with E-state index in [1.54, 1.807) is 12.1 Å². The molecular formula is C15H17ClN2O2. The van der Waals surface area contributed by atoms with Crippen LogP contribution in [0.15, 0.2) is 18.2 Å². The van der Waals surface area contributed by atoms with Gasteiger partial charge in [0.05, 0.1) is 16.3 Å². The van der Waals surface area contributed by atoms with E-state index in [0.29, 0.717) is 0 Å². The highest BCUT2D eigenvalue weighted by atomic mass is 35.5. The lowest BCUT2D eigenvalue weighted by molar-refractivity contribution is 0.0697. The molecule has 0 radical (unpaired) electrons. The molecule has 20 heavy (non-hydrogen) atoms. The van der Waals surface area contributed by atoms with Gasteiger partial charge in [0.1, 0.15) is 0 Å². The second-order valence-corrected chi connectivity index (χ2v) is 5.01. The van der Waals surface area contributed by atoms with Crippen molar-refractivity contribution in [3.8, 4) is 11.1 Å². The quantitative estimate of drug-likeness (QED) is 0.937. The summed E-state index contributed by atoms with van der Waals surface area (Å²) in [6, 6.07) is 5.11. The van der Waals surface area contributed by atoms with Crippen LogP contribution in [0, 0.1) is 0 Å². The Morgan fingerprint density at radius 1 is 1.35 bits per heavy atom. The van der Waals surface area contributed by atoms with Crippen molar-refractivity contribution in [3.05, 3.63) is 40.2 Å². The lowest BCUT2D eigenvalue weighted by Gasteiger charge is -2.07. The van der Waals surface area contributed by atoms with Gasteiger partial charge in [-0.15, -0.1) is 0 Å². The summed E-state index contributed by atoms with van der Waals surface area (Å²) in [6.07, 6.45) is 1.64. The van der Waals surface area contributed by atoms with Gasteiger partial charge in [-0.05, 0) is 30.5 Å². The van der Waals surface area contributed by atoms with Crippen LogP contribution in [0.2, 0.25) is 5.02 Å². The van der Waals surface area contributed by atoms with Gasteiger partial charge in [-0.25, -0.2) is 4.79 Å². The van der Waals surface area contributed by atoms with Crippen LogP contribution in [0.25, 0.3) is 11.1 Å². The zero-order valence-corrected chi connectivity index (χ0v) is 12.5. The Balaban J connectivity index is 2.68. The van der Waals surface area contributed by atoms with Gasteiger partial charge < -0.3 is 5.11 Å². The normalized spacial score (nSPS) is 10.8. The zero-order valence-electron chi connectivity index (χ0n) is 11.8. The maximum absolute atomic E-state index is 11.2. The third-order valence-electron chi connectivity index (χ3n) is 3.39. The zero-order chi connectivity index (χ0) is 14.9. The molecule has 1 N–H and O–H groups in total. The molecule has 0 saturated carbocycles. The largest absolute Gasteiger partial charge is 0.478 e. The number of halogens is 1. The monoisotopic (exact) mass is 292 g/mol. The minimum absolute atomic E-state index is 0.122. The van der Waals surface area contributed by atoms with E-state index < -0.39 is 5.97 Å². The number of aromatic nitrogens is 2. The van der Waals surface area contributed by atoms with E-state index in [1.807, 2.05) is 24.7 Å². The molecular weight excluding hydrogens is 276 g/mol. The molecule has 0 atom stereocenters. The van der Waals surface area contributed by atoms with Crippen molar-refractivity contribution < 1.29 is 9.90 Å². The van der Waals surface area contributed by atoms with Gasteiger partial charge in [-0.2, -0.15) is 5.10 Å². The first-order valence-corrected chi connectivity index (χ1v) is 6.95. The van der Waals surface area contributed by atoms with Crippen LogP contribution in [0.1, 0.15) is 35.6 Å². The number of benzene rings is 1. The van der Waals surface area contributed by atoms with Gasteiger partial charge in [0.2, 0.25) is 0 Å². The highest BCUT2D eigenvalue weighted by Crippen LogP contribution is 2.31. The Morgan fingerprint density at radius 3 is 2.60 bits per heavy atom. The molecule has 0 spiro atoms. The summed E-state index contributed by atoms with van der Waals surface area (Å²) in [4.78, 5) is 11.2. The third-order valence-corrected chi connectivity index (χ3v) is 3.72. The molecule has 0 aliphatic carbocycles. The molecule has 0 fully saturated rings. The molecule has 1 aromatic heterocycles. The maximum atomic E-state index is 11.2. The summed E-state index contributed by atoms with van der Waals surface area (Å²) in [5.41, 5.74) is 4.07. The van der Waals surface area contributed by atoms with E-state index in [1.165, 1.54) is 0 Å². The van der Waals surface area contributed by atoms with E-state index in [2.05, 4.69) is 12.0 Å². The van der Waals surface area contributed by atoms with Gasteiger partial charge >= 0.3 is 5.97 Å².